The summed E-state index contributed by atoms with van der Waals surface area (Å²) in [5.41, 5.74) is 22.4. The first kappa shape index (κ1) is 53.3. The van der Waals surface area contributed by atoms with Crippen LogP contribution in [0.2, 0.25) is 0 Å². The second-order valence-electron chi connectivity index (χ2n) is 21.8. The zero-order chi connectivity index (χ0) is 47.2. The molecule has 0 saturated heterocycles. The molecule has 0 unspecified atom stereocenters. The molecule has 0 radical (unpaired) electrons. The lowest BCUT2D eigenvalue weighted by Crippen LogP contribution is -2.29. The quantitative estimate of drug-likeness (QED) is 0.0633. The third-order valence-corrected chi connectivity index (χ3v) is 14.7. The van der Waals surface area contributed by atoms with Gasteiger partial charge in [-0.2, -0.15) is 0 Å². The molecule has 0 aliphatic carbocycles. The van der Waals surface area contributed by atoms with Gasteiger partial charge in [-0.25, -0.2) is 0 Å². The van der Waals surface area contributed by atoms with Crippen molar-refractivity contribution in [3.63, 3.8) is 0 Å². The second-order valence-corrected chi connectivity index (χ2v) is 21.8. The normalized spacial score (nSPS) is 12.4. The van der Waals surface area contributed by atoms with Crippen molar-refractivity contribution in [1.29, 1.82) is 0 Å². The minimum Gasteiger partial charge on any atom is -0.508 e. The van der Waals surface area contributed by atoms with Crippen molar-refractivity contribution in [2.45, 2.75) is 255 Å². The molecule has 64 heavy (non-hydrogen) atoms. The Morgan fingerprint density at radius 3 is 0.859 bits per heavy atom. The molecule has 0 heterocycles. The first-order valence-corrected chi connectivity index (χ1v) is 26.8. The van der Waals surface area contributed by atoms with Gasteiger partial charge < -0.3 is 5.11 Å². The van der Waals surface area contributed by atoms with E-state index in [4.69, 9.17) is 0 Å². The van der Waals surface area contributed by atoms with Crippen LogP contribution in [0.25, 0.3) is 0 Å². The van der Waals surface area contributed by atoms with E-state index < -0.39 is 0 Å². The highest BCUT2D eigenvalue weighted by molar-refractivity contribution is 5.54. The minimum absolute atomic E-state index is 0.0949. The molecule has 0 saturated carbocycles. The summed E-state index contributed by atoms with van der Waals surface area (Å²) in [5, 5.41) is 12.4. The molecule has 0 aromatic heterocycles. The van der Waals surface area contributed by atoms with E-state index in [2.05, 4.69) is 152 Å². The zero-order valence-electron chi connectivity index (χ0n) is 44.4. The molecule has 0 fully saturated rings. The van der Waals surface area contributed by atoms with Gasteiger partial charge >= 0.3 is 0 Å². The third kappa shape index (κ3) is 12.6. The van der Waals surface area contributed by atoms with Crippen molar-refractivity contribution in [3.8, 4) is 5.75 Å². The van der Waals surface area contributed by atoms with Gasteiger partial charge in [0.1, 0.15) is 5.75 Å². The lowest BCUT2D eigenvalue weighted by atomic mass is 9.68. The fourth-order valence-corrected chi connectivity index (χ4v) is 11.9. The largest absolute Gasteiger partial charge is 0.508 e. The number of hydrogen-bond donors (Lipinski definition) is 1. The maximum Gasteiger partial charge on any atom is 0.119 e. The molecule has 1 N–H and O–H groups in total. The van der Waals surface area contributed by atoms with Gasteiger partial charge in [0, 0.05) is 0 Å². The van der Waals surface area contributed by atoms with Crippen LogP contribution in [0.15, 0.2) is 48.5 Å². The SMILES string of the molecule is CCCc1ccc(C(C)(C)Cc2ccc(O)c(CC(C)(C)c3ccc(CCC)c(CCC)c3CCC)c2CC(C)(C)c2ccc(CCC)c(CCC)c2CCC)c(CCC)c1CCC. The summed E-state index contributed by atoms with van der Waals surface area (Å²) >= 11 is 0. The van der Waals surface area contributed by atoms with Crippen molar-refractivity contribution in [1.82, 2.24) is 0 Å². The van der Waals surface area contributed by atoms with Crippen LogP contribution in [0.3, 0.4) is 0 Å². The van der Waals surface area contributed by atoms with Crippen LogP contribution in [0.1, 0.15) is 245 Å². The Kier molecular flexibility index (Phi) is 20.4. The molecule has 4 aromatic rings. The van der Waals surface area contributed by atoms with Gasteiger partial charge in [-0.15, -0.1) is 0 Å². The Hall–Kier alpha value is -3.32. The highest BCUT2D eigenvalue weighted by Gasteiger charge is 2.35. The summed E-state index contributed by atoms with van der Waals surface area (Å²) in [6, 6.07) is 19.3. The van der Waals surface area contributed by atoms with Crippen molar-refractivity contribution in [2.24, 2.45) is 0 Å². The predicted octanol–water partition coefficient (Wildman–Crippen LogP) is 17.5. The number of phenolic OH excluding ortho intramolecular Hbond substituents is 1. The highest BCUT2D eigenvalue weighted by atomic mass is 16.3. The summed E-state index contributed by atoms with van der Waals surface area (Å²) in [4.78, 5) is 0. The molecule has 0 aliphatic rings. The molecule has 0 bridgehead atoms. The summed E-state index contributed by atoms with van der Waals surface area (Å²) in [5.74, 6) is 0.466. The second kappa shape index (κ2) is 24.4. The van der Waals surface area contributed by atoms with Gasteiger partial charge in [-0.05, 0) is 183 Å². The molecule has 0 aliphatic heterocycles. The van der Waals surface area contributed by atoms with E-state index in [9.17, 15) is 5.11 Å². The van der Waals surface area contributed by atoms with Gasteiger partial charge in [-0.3, -0.25) is 0 Å². The Labute approximate surface area is 396 Å². The fraction of sp³-hybridized carbons (Fsp3) is 0.619. The Balaban J connectivity index is 2.03. The van der Waals surface area contributed by atoms with Crippen LogP contribution in [-0.4, -0.2) is 5.11 Å². The van der Waals surface area contributed by atoms with Crippen molar-refractivity contribution < 1.29 is 5.11 Å². The smallest absolute Gasteiger partial charge is 0.119 e. The lowest BCUT2D eigenvalue weighted by molar-refractivity contribution is 0.438. The first-order chi connectivity index (χ1) is 30.5. The highest BCUT2D eigenvalue weighted by Crippen LogP contribution is 2.44. The molecule has 1 heteroatoms. The summed E-state index contributed by atoms with van der Waals surface area (Å²) in [6.07, 6.45) is 23.4. The van der Waals surface area contributed by atoms with Crippen LogP contribution < -0.4 is 0 Å². The molecule has 354 valence electrons. The molecule has 0 amide bonds. The number of benzene rings is 4. The van der Waals surface area contributed by atoms with Gasteiger partial charge in [0.15, 0.2) is 0 Å². The van der Waals surface area contributed by atoms with Gasteiger partial charge in [0.25, 0.3) is 0 Å². The van der Waals surface area contributed by atoms with Crippen molar-refractivity contribution in [2.75, 3.05) is 0 Å². The van der Waals surface area contributed by atoms with Crippen molar-refractivity contribution in [3.05, 3.63) is 132 Å². The van der Waals surface area contributed by atoms with E-state index in [0.717, 1.165) is 108 Å². The average molecular weight is 869 g/mol. The Morgan fingerprint density at radius 1 is 0.281 bits per heavy atom. The van der Waals surface area contributed by atoms with Gasteiger partial charge in [0.05, 0.1) is 0 Å². The van der Waals surface area contributed by atoms with Gasteiger partial charge in [-0.1, -0.05) is 204 Å². The van der Waals surface area contributed by atoms with Crippen LogP contribution in [-0.2, 0) is 93.3 Å². The molecule has 0 spiro atoms. The van der Waals surface area contributed by atoms with Crippen molar-refractivity contribution >= 4 is 0 Å². The van der Waals surface area contributed by atoms with E-state index in [1.165, 1.54) is 59.9 Å². The van der Waals surface area contributed by atoms with Crippen LogP contribution in [0.4, 0.5) is 0 Å². The topological polar surface area (TPSA) is 20.2 Å². The summed E-state index contributed by atoms with van der Waals surface area (Å²) < 4.78 is 0. The number of phenols is 1. The molecule has 4 rings (SSSR count). The minimum atomic E-state index is -0.176. The fourth-order valence-electron chi connectivity index (χ4n) is 11.9. The van der Waals surface area contributed by atoms with E-state index in [1.807, 2.05) is 0 Å². The standard InChI is InChI=1S/C63H96O/c1-16-25-45-34-38-57(52(31-22-7)49(45)28-19-4)61(10,11)42-48-37-41-60(64)56(44-63(14,15)59-40-36-47(27-18-3)51(30-21-6)54(59)33-24-9)55(48)43-62(12,13)58-39-35-46(26-17-2)50(29-20-5)53(58)32-23-8/h34-41,64H,16-33,42-44H2,1-15H3. The summed E-state index contributed by atoms with van der Waals surface area (Å²) in [7, 11) is 0. The van der Waals surface area contributed by atoms with Crippen LogP contribution >= 0.6 is 0 Å². The number of rotatable bonds is 27. The zero-order valence-corrected chi connectivity index (χ0v) is 44.4. The predicted molar refractivity (Wildman–Crippen MR) is 284 cm³/mol. The lowest BCUT2D eigenvalue weighted by Gasteiger charge is -2.36. The van der Waals surface area contributed by atoms with E-state index >= 15 is 0 Å². The van der Waals surface area contributed by atoms with Crippen LogP contribution in [0, 0.1) is 0 Å². The number of aryl methyl sites for hydroxylation is 3. The van der Waals surface area contributed by atoms with Gasteiger partial charge in [0.2, 0.25) is 0 Å². The Morgan fingerprint density at radius 2 is 0.547 bits per heavy atom. The molecule has 4 aromatic carbocycles. The molecule has 1 nitrogen and oxygen atoms in total. The molecule has 0 atom stereocenters. The van der Waals surface area contributed by atoms with Crippen LogP contribution in [0.5, 0.6) is 5.75 Å². The molecular weight excluding hydrogens is 773 g/mol. The number of hydrogen-bond acceptors (Lipinski definition) is 1. The first-order valence-electron chi connectivity index (χ1n) is 26.8. The third-order valence-electron chi connectivity index (χ3n) is 14.7. The molecular formula is C63H96O. The summed E-state index contributed by atoms with van der Waals surface area (Å²) in [6.45, 7) is 36.0. The van der Waals surface area contributed by atoms with E-state index in [-0.39, 0.29) is 16.2 Å². The number of aromatic hydroxyl groups is 1. The van der Waals surface area contributed by atoms with E-state index in [1.54, 1.807) is 50.1 Å². The maximum atomic E-state index is 12.4. The van der Waals surface area contributed by atoms with E-state index in [0.29, 0.717) is 5.75 Å². The monoisotopic (exact) mass is 869 g/mol. The maximum absolute atomic E-state index is 12.4. The average Bonchev–Trinajstić information content (AvgIpc) is 3.24. The Bertz CT molecular complexity index is 2090.